The summed E-state index contributed by atoms with van der Waals surface area (Å²) in [5.74, 6) is -0.00261. The number of hydrogen-bond acceptors (Lipinski definition) is 5. The molecule has 0 aromatic carbocycles. The van der Waals surface area contributed by atoms with Crippen LogP contribution in [0.4, 0.5) is 0 Å². The van der Waals surface area contributed by atoms with E-state index in [2.05, 4.69) is 15.2 Å². The van der Waals surface area contributed by atoms with Crippen LogP contribution in [-0.2, 0) is 14.8 Å². The van der Waals surface area contributed by atoms with Crippen LogP contribution >= 0.6 is 0 Å². The topological polar surface area (TPSA) is 95.5 Å². The second-order valence-electron chi connectivity index (χ2n) is 4.73. The zero-order chi connectivity index (χ0) is 14.0. The van der Waals surface area contributed by atoms with Crippen molar-refractivity contribution in [2.24, 2.45) is 10.9 Å². The van der Waals surface area contributed by atoms with Crippen LogP contribution in [0.1, 0.15) is 25.5 Å². The summed E-state index contributed by atoms with van der Waals surface area (Å²) in [6, 6.07) is 0. The number of piperidine rings is 1. The predicted molar refractivity (Wildman–Crippen MR) is 67.5 cm³/mol. The molecular formula is C11H16N4O3S. The Morgan fingerprint density at radius 2 is 2.32 bits per heavy atom. The summed E-state index contributed by atoms with van der Waals surface area (Å²) in [7, 11) is -3.69. The van der Waals surface area contributed by atoms with Gasteiger partial charge in [-0.15, -0.1) is 0 Å². The van der Waals surface area contributed by atoms with E-state index in [1.54, 1.807) is 6.92 Å². The van der Waals surface area contributed by atoms with Crippen molar-refractivity contribution in [3.05, 3.63) is 11.9 Å². The van der Waals surface area contributed by atoms with Crippen molar-refractivity contribution in [1.29, 1.82) is 0 Å². The van der Waals surface area contributed by atoms with Crippen LogP contribution in [0.25, 0.3) is 0 Å². The Morgan fingerprint density at radius 1 is 1.58 bits per heavy atom. The van der Waals surface area contributed by atoms with Gasteiger partial charge in [-0.3, -0.25) is 5.10 Å². The molecule has 104 valence electrons. The van der Waals surface area contributed by atoms with Gasteiger partial charge in [-0.05, 0) is 25.7 Å². The van der Waals surface area contributed by atoms with Gasteiger partial charge in [0, 0.05) is 6.54 Å². The normalized spacial score (nSPS) is 24.9. The summed E-state index contributed by atoms with van der Waals surface area (Å²) in [4.78, 5) is 14.3. The maximum Gasteiger partial charge on any atom is 0.248 e. The Hall–Kier alpha value is -1.50. The lowest BCUT2D eigenvalue weighted by atomic mass is 9.98. The highest BCUT2D eigenvalue weighted by atomic mass is 32.2. The van der Waals surface area contributed by atoms with Crippen molar-refractivity contribution < 1.29 is 13.2 Å². The molecule has 2 atom stereocenters. The number of aryl methyl sites for hydroxylation is 1. The second-order valence-corrected chi connectivity index (χ2v) is 6.59. The van der Waals surface area contributed by atoms with Gasteiger partial charge in [0.05, 0.1) is 11.9 Å². The summed E-state index contributed by atoms with van der Waals surface area (Å²) in [6.45, 7) is 3.88. The smallest absolute Gasteiger partial charge is 0.248 e. The molecule has 1 aromatic rings. The monoisotopic (exact) mass is 284 g/mol. The van der Waals surface area contributed by atoms with E-state index in [1.165, 1.54) is 16.6 Å². The Bertz CT molecular complexity index is 603. The highest BCUT2D eigenvalue weighted by Gasteiger charge is 2.38. The highest BCUT2D eigenvalue weighted by molar-refractivity contribution is 7.89. The molecule has 0 bridgehead atoms. The summed E-state index contributed by atoms with van der Waals surface area (Å²) in [5, 5.41) is 6.34. The van der Waals surface area contributed by atoms with Crippen molar-refractivity contribution >= 4 is 16.1 Å². The van der Waals surface area contributed by atoms with E-state index in [-0.39, 0.29) is 10.8 Å². The van der Waals surface area contributed by atoms with Gasteiger partial charge < -0.3 is 0 Å². The van der Waals surface area contributed by atoms with E-state index in [0.717, 1.165) is 12.8 Å². The minimum Gasteiger partial charge on any atom is -0.281 e. The molecule has 2 heterocycles. The molecule has 0 saturated carbocycles. The molecule has 1 fully saturated rings. The van der Waals surface area contributed by atoms with E-state index in [9.17, 15) is 13.2 Å². The first-order chi connectivity index (χ1) is 8.98. The van der Waals surface area contributed by atoms with Gasteiger partial charge in [0.2, 0.25) is 16.1 Å². The van der Waals surface area contributed by atoms with E-state index in [1.807, 2.05) is 6.92 Å². The third-order valence-electron chi connectivity index (χ3n) is 3.40. The quantitative estimate of drug-likeness (QED) is 0.656. The number of H-pyrrole nitrogens is 1. The van der Waals surface area contributed by atoms with E-state index in [4.69, 9.17) is 0 Å². The number of nitrogens with zero attached hydrogens (tertiary/aromatic N) is 3. The fourth-order valence-electron chi connectivity index (χ4n) is 2.37. The fourth-order valence-corrected chi connectivity index (χ4v) is 4.15. The number of aromatic nitrogens is 2. The molecule has 0 amide bonds. The van der Waals surface area contributed by atoms with Crippen molar-refractivity contribution in [3.8, 4) is 0 Å². The molecule has 1 aromatic heterocycles. The fraction of sp³-hybridized carbons (Fsp3) is 0.636. The highest BCUT2D eigenvalue weighted by Crippen LogP contribution is 2.30. The first-order valence-electron chi connectivity index (χ1n) is 6.07. The molecule has 19 heavy (non-hydrogen) atoms. The van der Waals surface area contributed by atoms with Crippen LogP contribution in [-0.4, -0.2) is 41.7 Å². The molecule has 0 radical (unpaired) electrons. The van der Waals surface area contributed by atoms with Crippen LogP contribution in [0.5, 0.6) is 0 Å². The van der Waals surface area contributed by atoms with Gasteiger partial charge in [-0.1, -0.05) is 6.92 Å². The molecule has 0 spiro atoms. The lowest BCUT2D eigenvalue weighted by Crippen LogP contribution is -2.46. The molecule has 7 nitrogen and oxygen atoms in total. The molecule has 8 heteroatoms. The Labute approximate surface area is 111 Å². The number of aliphatic imine (C=N–C) groups is 1. The third kappa shape index (κ3) is 2.47. The van der Waals surface area contributed by atoms with Crippen LogP contribution < -0.4 is 0 Å². The van der Waals surface area contributed by atoms with E-state index >= 15 is 0 Å². The average molecular weight is 284 g/mol. The Balaban J connectivity index is 2.43. The molecule has 2 rings (SSSR count). The standard InChI is InChI=1S/C11H16N4O3S/c1-8-4-3-5-15(11(8)12-7-16)19(17,18)10-6-13-14-9(10)2/h6,8,11H,3-5H2,1-2H3,(H,13,14). The lowest BCUT2D eigenvalue weighted by molar-refractivity contribution is 0.194. The van der Waals surface area contributed by atoms with Crippen LogP contribution in [0.2, 0.25) is 0 Å². The number of nitrogens with one attached hydrogen (secondary N) is 1. The first-order valence-corrected chi connectivity index (χ1v) is 7.51. The maximum atomic E-state index is 12.6. The SMILES string of the molecule is Cc1[nH]ncc1S(=O)(=O)N1CCCC(C)C1N=C=O. The molecule has 0 aliphatic carbocycles. The molecular weight excluding hydrogens is 268 g/mol. The molecule has 1 aliphatic rings. The number of hydrogen-bond donors (Lipinski definition) is 1. The van der Waals surface area contributed by atoms with Gasteiger partial charge in [0.1, 0.15) is 11.1 Å². The van der Waals surface area contributed by atoms with Crippen molar-refractivity contribution in [1.82, 2.24) is 14.5 Å². The number of carbonyl (C=O) groups excluding carboxylic acids is 1. The van der Waals surface area contributed by atoms with Crippen molar-refractivity contribution in [3.63, 3.8) is 0 Å². The van der Waals surface area contributed by atoms with Crippen LogP contribution in [0, 0.1) is 12.8 Å². The summed E-state index contributed by atoms with van der Waals surface area (Å²) >= 11 is 0. The molecule has 2 unspecified atom stereocenters. The summed E-state index contributed by atoms with van der Waals surface area (Å²) in [5.41, 5.74) is 0.479. The molecule has 1 saturated heterocycles. The minimum absolute atomic E-state index is 0.00261. The predicted octanol–water partition coefficient (Wildman–Crippen LogP) is 0.801. The van der Waals surface area contributed by atoms with Gasteiger partial charge >= 0.3 is 0 Å². The maximum absolute atomic E-state index is 12.6. The van der Waals surface area contributed by atoms with Crippen LogP contribution in [0.3, 0.4) is 0 Å². The molecule has 1 aliphatic heterocycles. The Morgan fingerprint density at radius 3 is 2.89 bits per heavy atom. The van der Waals surface area contributed by atoms with Gasteiger partial charge in [0.25, 0.3) is 0 Å². The molecule has 1 N–H and O–H groups in total. The minimum atomic E-state index is -3.69. The zero-order valence-electron chi connectivity index (χ0n) is 10.8. The Kier molecular flexibility index (Phi) is 3.84. The van der Waals surface area contributed by atoms with Gasteiger partial charge in [-0.25, -0.2) is 13.2 Å². The third-order valence-corrected chi connectivity index (χ3v) is 5.38. The average Bonchev–Trinajstić information content (AvgIpc) is 2.79. The van der Waals surface area contributed by atoms with Crippen molar-refractivity contribution in [2.45, 2.75) is 37.8 Å². The summed E-state index contributed by atoms with van der Waals surface area (Å²) in [6.07, 6.45) is 3.67. The largest absolute Gasteiger partial charge is 0.281 e. The van der Waals surface area contributed by atoms with Crippen molar-refractivity contribution in [2.75, 3.05) is 6.54 Å². The number of sulfonamides is 1. The van der Waals surface area contributed by atoms with Crippen LogP contribution in [0.15, 0.2) is 16.1 Å². The van der Waals surface area contributed by atoms with Gasteiger partial charge in [0.15, 0.2) is 0 Å². The number of isocyanates is 1. The number of rotatable bonds is 3. The van der Waals surface area contributed by atoms with E-state index in [0.29, 0.717) is 12.2 Å². The first kappa shape index (κ1) is 13.9. The van der Waals surface area contributed by atoms with E-state index < -0.39 is 16.2 Å². The van der Waals surface area contributed by atoms with Gasteiger partial charge in [-0.2, -0.15) is 14.4 Å². The second kappa shape index (κ2) is 5.24. The lowest BCUT2D eigenvalue weighted by Gasteiger charge is -2.35. The summed E-state index contributed by atoms with van der Waals surface area (Å²) < 4.78 is 26.4. The zero-order valence-corrected chi connectivity index (χ0v) is 11.6. The number of aromatic amines is 1.